The van der Waals surface area contributed by atoms with Gasteiger partial charge >= 0.3 is 0 Å². The van der Waals surface area contributed by atoms with Gasteiger partial charge in [0.1, 0.15) is 0 Å². The Balaban J connectivity index is 2.80. The molecule has 0 heterocycles. The number of nitrogens with two attached hydrogens (primary N) is 2. The van der Waals surface area contributed by atoms with Crippen molar-refractivity contribution in [2.75, 3.05) is 0 Å². The van der Waals surface area contributed by atoms with Crippen LogP contribution in [-0.2, 0) is 0 Å². The van der Waals surface area contributed by atoms with E-state index in [9.17, 15) is 0 Å². The van der Waals surface area contributed by atoms with Gasteiger partial charge in [-0.2, -0.15) is 0 Å². The van der Waals surface area contributed by atoms with E-state index in [0.717, 1.165) is 17.8 Å². The Morgan fingerprint density at radius 3 is 2.78 bits per heavy atom. The van der Waals surface area contributed by atoms with E-state index in [-0.39, 0.29) is 0 Å². The highest BCUT2D eigenvalue weighted by Gasteiger charge is 1.89. The Labute approximate surface area is 54.5 Å². The molecule has 0 bridgehead atoms. The molecule has 0 radical (unpaired) electrons. The molecule has 0 aromatic carbocycles. The van der Waals surface area contributed by atoms with E-state index < -0.39 is 0 Å². The molecule has 0 aromatic rings. The molecule has 0 aromatic heterocycles. The first-order valence-corrected chi connectivity index (χ1v) is 2.87. The van der Waals surface area contributed by atoms with Crippen LogP contribution >= 0.6 is 0 Å². The third kappa shape index (κ3) is 1.64. The fraction of sp³-hybridized carbons (Fsp3) is 0.143. The number of rotatable bonds is 0. The Bertz CT molecular complexity index is 187. The molecule has 2 heteroatoms. The van der Waals surface area contributed by atoms with Crippen molar-refractivity contribution in [3.63, 3.8) is 0 Å². The van der Waals surface area contributed by atoms with E-state index in [1.54, 1.807) is 6.08 Å². The summed E-state index contributed by atoms with van der Waals surface area (Å²) in [5.41, 5.74) is 12.6. The first-order chi connectivity index (χ1) is 4.29. The van der Waals surface area contributed by atoms with Crippen LogP contribution < -0.4 is 11.5 Å². The molecule has 0 aliphatic heterocycles. The molecule has 1 aliphatic carbocycles. The van der Waals surface area contributed by atoms with Crippen LogP contribution in [0.2, 0.25) is 0 Å². The maximum absolute atomic E-state index is 5.51. The van der Waals surface area contributed by atoms with Crippen molar-refractivity contribution in [3.05, 3.63) is 35.7 Å². The highest BCUT2D eigenvalue weighted by Crippen LogP contribution is 2.02. The van der Waals surface area contributed by atoms with Crippen molar-refractivity contribution in [1.29, 1.82) is 0 Å². The number of hydrogen-bond acceptors (Lipinski definition) is 2. The van der Waals surface area contributed by atoms with E-state index in [0.29, 0.717) is 0 Å². The third-order valence-electron chi connectivity index (χ3n) is 1.15. The van der Waals surface area contributed by atoms with E-state index in [2.05, 4.69) is 0 Å². The lowest BCUT2D eigenvalue weighted by Gasteiger charge is -1.87. The van der Waals surface area contributed by atoms with Crippen molar-refractivity contribution in [3.8, 4) is 0 Å². The minimum atomic E-state index is 0.760. The van der Waals surface area contributed by atoms with Crippen molar-refractivity contribution >= 4 is 0 Å². The van der Waals surface area contributed by atoms with Crippen molar-refractivity contribution in [1.82, 2.24) is 0 Å². The summed E-state index contributed by atoms with van der Waals surface area (Å²) in [6.07, 6.45) is 8.24. The van der Waals surface area contributed by atoms with E-state index >= 15 is 0 Å². The van der Waals surface area contributed by atoms with Crippen molar-refractivity contribution < 1.29 is 0 Å². The maximum atomic E-state index is 5.51. The highest BCUT2D eigenvalue weighted by atomic mass is 14.6. The number of allylic oxidation sites excluding steroid dienone is 4. The minimum Gasteiger partial charge on any atom is -0.402 e. The summed E-state index contributed by atoms with van der Waals surface area (Å²) in [6, 6.07) is 0. The summed E-state index contributed by atoms with van der Waals surface area (Å²) in [5, 5.41) is 0. The topological polar surface area (TPSA) is 52.0 Å². The summed E-state index contributed by atoms with van der Waals surface area (Å²) in [5.74, 6) is 0. The molecule has 9 heavy (non-hydrogen) atoms. The lowest BCUT2D eigenvalue weighted by Crippen LogP contribution is -1.92. The third-order valence-corrected chi connectivity index (χ3v) is 1.15. The maximum Gasteiger partial charge on any atom is 0.0311 e. The van der Waals surface area contributed by atoms with Gasteiger partial charge in [0, 0.05) is 17.8 Å². The van der Waals surface area contributed by atoms with Gasteiger partial charge in [0.05, 0.1) is 0 Å². The van der Waals surface area contributed by atoms with Gasteiger partial charge in [0.15, 0.2) is 0 Å². The standard InChI is InChI=1S/C7H10N2/c8-6-2-1-3-7(9)5-4-6/h1-2,4-5H,3,8-9H2. The van der Waals surface area contributed by atoms with Crippen LogP contribution in [0.3, 0.4) is 0 Å². The fourth-order valence-corrected chi connectivity index (χ4v) is 0.658. The van der Waals surface area contributed by atoms with E-state index in [1.807, 2.05) is 18.2 Å². The number of hydrogen-bond donors (Lipinski definition) is 2. The predicted octanol–water partition coefficient (Wildman–Crippen LogP) is 0.632. The molecule has 0 spiro atoms. The quantitative estimate of drug-likeness (QED) is 0.495. The summed E-state index contributed by atoms with van der Waals surface area (Å²) in [6.45, 7) is 0. The zero-order valence-electron chi connectivity index (χ0n) is 5.17. The Kier molecular flexibility index (Phi) is 1.58. The van der Waals surface area contributed by atoms with E-state index in [4.69, 9.17) is 11.5 Å². The second kappa shape index (κ2) is 2.40. The second-order valence-electron chi connectivity index (χ2n) is 2.01. The highest BCUT2D eigenvalue weighted by molar-refractivity contribution is 5.27. The lowest BCUT2D eigenvalue weighted by atomic mass is 10.3. The van der Waals surface area contributed by atoms with Gasteiger partial charge in [-0.1, -0.05) is 6.08 Å². The average Bonchev–Trinajstić information content (AvgIpc) is 1.97. The van der Waals surface area contributed by atoms with Crippen LogP contribution in [0.1, 0.15) is 6.42 Å². The SMILES string of the molecule is NC1=CC=C(N)CC=C1. The largest absolute Gasteiger partial charge is 0.402 e. The van der Waals surface area contributed by atoms with Crippen molar-refractivity contribution in [2.24, 2.45) is 11.5 Å². The van der Waals surface area contributed by atoms with Crippen LogP contribution in [-0.4, -0.2) is 0 Å². The molecular weight excluding hydrogens is 112 g/mol. The predicted molar refractivity (Wildman–Crippen MR) is 38.3 cm³/mol. The fourth-order valence-electron chi connectivity index (χ4n) is 0.658. The Morgan fingerprint density at radius 2 is 2.00 bits per heavy atom. The zero-order valence-corrected chi connectivity index (χ0v) is 5.17. The van der Waals surface area contributed by atoms with Gasteiger partial charge in [-0.3, -0.25) is 0 Å². The molecule has 0 atom stereocenters. The minimum absolute atomic E-state index is 0.760. The van der Waals surface area contributed by atoms with Gasteiger partial charge in [-0.15, -0.1) is 0 Å². The molecule has 0 amide bonds. The van der Waals surface area contributed by atoms with Crippen LogP contribution in [0.5, 0.6) is 0 Å². The molecule has 1 rings (SSSR count). The first kappa shape index (κ1) is 5.95. The molecule has 4 N–H and O–H groups in total. The van der Waals surface area contributed by atoms with Crippen LogP contribution in [0.25, 0.3) is 0 Å². The van der Waals surface area contributed by atoms with E-state index in [1.165, 1.54) is 0 Å². The lowest BCUT2D eigenvalue weighted by molar-refractivity contribution is 1.17. The summed E-state index contributed by atoms with van der Waals surface area (Å²) >= 11 is 0. The molecular formula is C7H10N2. The Hall–Kier alpha value is -1.18. The zero-order chi connectivity index (χ0) is 6.69. The molecule has 0 saturated carbocycles. The van der Waals surface area contributed by atoms with Gasteiger partial charge in [0.25, 0.3) is 0 Å². The van der Waals surface area contributed by atoms with Crippen molar-refractivity contribution in [2.45, 2.75) is 6.42 Å². The first-order valence-electron chi connectivity index (χ1n) is 2.87. The molecule has 48 valence electrons. The van der Waals surface area contributed by atoms with Gasteiger partial charge in [-0.05, 0) is 18.2 Å². The van der Waals surface area contributed by atoms with Crippen LogP contribution in [0, 0.1) is 0 Å². The summed E-state index contributed by atoms with van der Waals surface area (Å²) in [4.78, 5) is 0. The summed E-state index contributed by atoms with van der Waals surface area (Å²) < 4.78 is 0. The average molecular weight is 122 g/mol. The molecule has 1 aliphatic rings. The molecule has 2 nitrogen and oxygen atoms in total. The molecule has 0 saturated heterocycles. The molecule has 0 fully saturated rings. The summed E-state index contributed by atoms with van der Waals surface area (Å²) in [7, 11) is 0. The smallest absolute Gasteiger partial charge is 0.0311 e. The normalized spacial score (nSPS) is 18.2. The monoisotopic (exact) mass is 122 g/mol. The van der Waals surface area contributed by atoms with Crippen LogP contribution in [0.4, 0.5) is 0 Å². The Morgan fingerprint density at radius 1 is 1.22 bits per heavy atom. The molecule has 0 unspecified atom stereocenters. The van der Waals surface area contributed by atoms with Gasteiger partial charge in [-0.25, -0.2) is 0 Å². The van der Waals surface area contributed by atoms with Gasteiger partial charge < -0.3 is 11.5 Å². The second-order valence-corrected chi connectivity index (χ2v) is 2.01. The van der Waals surface area contributed by atoms with Gasteiger partial charge in [0.2, 0.25) is 0 Å². The van der Waals surface area contributed by atoms with Crippen LogP contribution in [0.15, 0.2) is 35.7 Å².